The van der Waals surface area contributed by atoms with Gasteiger partial charge in [-0.3, -0.25) is 9.59 Å². The van der Waals surface area contributed by atoms with Crippen molar-refractivity contribution in [2.24, 2.45) is 0 Å². The number of sulfonamides is 1. The average Bonchev–Trinajstić information content (AvgIpc) is 3.12. The van der Waals surface area contributed by atoms with Gasteiger partial charge in [0.1, 0.15) is 6.04 Å². The third-order valence-electron chi connectivity index (χ3n) is 5.15. The van der Waals surface area contributed by atoms with Gasteiger partial charge in [0.15, 0.2) is 0 Å². The minimum Gasteiger partial charge on any atom is -0.339 e. The highest BCUT2D eigenvalue weighted by molar-refractivity contribution is 7.89. The van der Waals surface area contributed by atoms with E-state index in [0.29, 0.717) is 45.6 Å². The lowest BCUT2D eigenvalue weighted by Crippen LogP contribution is -2.55. The lowest BCUT2D eigenvalue weighted by Gasteiger charge is -2.36. The van der Waals surface area contributed by atoms with Crippen LogP contribution in [0.1, 0.15) is 25.3 Å². The Bertz CT molecular complexity index is 783. The zero-order valence-corrected chi connectivity index (χ0v) is 16.0. The van der Waals surface area contributed by atoms with Gasteiger partial charge in [0.25, 0.3) is 0 Å². The van der Waals surface area contributed by atoms with E-state index < -0.39 is 16.1 Å². The van der Waals surface area contributed by atoms with Gasteiger partial charge in [0.05, 0.1) is 4.90 Å². The summed E-state index contributed by atoms with van der Waals surface area (Å²) in [5, 5.41) is 0. The van der Waals surface area contributed by atoms with E-state index in [1.54, 1.807) is 34.1 Å². The first-order valence-electron chi connectivity index (χ1n) is 8.93. The van der Waals surface area contributed by atoms with Crippen molar-refractivity contribution in [2.45, 2.75) is 37.6 Å². The van der Waals surface area contributed by atoms with Crippen molar-refractivity contribution in [1.82, 2.24) is 14.1 Å². The number of carbonyl (C=O) groups is 2. The number of hydrogen-bond donors (Lipinski definition) is 0. The molecule has 1 atom stereocenters. The van der Waals surface area contributed by atoms with Crippen LogP contribution >= 0.6 is 0 Å². The number of rotatable bonds is 3. The number of hydrogen-bond acceptors (Lipinski definition) is 4. The quantitative estimate of drug-likeness (QED) is 0.780. The summed E-state index contributed by atoms with van der Waals surface area (Å²) < 4.78 is 27.3. The van der Waals surface area contributed by atoms with Gasteiger partial charge in [-0.2, -0.15) is 4.31 Å². The number of nitrogens with zero attached hydrogens (tertiary/aromatic N) is 3. The second-order valence-electron chi connectivity index (χ2n) is 6.92. The van der Waals surface area contributed by atoms with Crippen LogP contribution in [0.3, 0.4) is 0 Å². The third kappa shape index (κ3) is 3.61. The fourth-order valence-electron chi connectivity index (χ4n) is 3.57. The molecule has 2 saturated heterocycles. The summed E-state index contributed by atoms with van der Waals surface area (Å²) in [6.07, 6.45) is 1.21. The van der Waals surface area contributed by atoms with Crippen LogP contribution in [0.15, 0.2) is 29.2 Å². The van der Waals surface area contributed by atoms with E-state index in [-0.39, 0.29) is 16.7 Å². The van der Waals surface area contributed by atoms with Gasteiger partial charge >= 0.3 is 0 Å². The van der Waals surface area contributed by atoms with Gasteiger partial charge in [-0.25, -0.2) is 8.42 Å². The normalized spacial score (nSPS) is 21.8. The molecule has 2 aliphatic rings. The molecule has 1 aromatic carbocycles. The van der Waals surface area contributed by atoms with E-state index in [1.807, 2.05) is 6.92 Å². The fourth-order valence-corrected chi connectivity index (χ4v) is 5.22. The standard InChI is InChI=1S/C18H25N3O4S/c1-14-5-7-16(8-6-14)26(24,25)21-9-3-4-17(21)18(23)20-12-10-19(11-13-20)15(2)22/h5-8,17H,3-4,9-13H2,1-2H3/t17-/m0/s1. The largest absolute Gasteiger partial charge is 0.339 e. The lowest BCUT2D eigenvalue weighted by molar-refractivity contribution is -0.140. The monoisotopic (exact) mass is 379 g/mol. The molecular weight excluding hydrogens is 354 g/mol. The van der Waals surface area contributed by atoms with Crippen LogP contribution in [-0.2, 0) is 19.6 Å². The van der Waals surface area contributed by atoms with E-state index in [4.69, 9.17) is 0 Å². The van der Waals surface area contributed by atoms with Crippen molar-refractivity contribution in [3.05, 3.63) is 29.8 Å². The Morgan fingerprint density at radius 2 is 1.54 bits per heavy atom. The first-order valence-corrected chi connectivity index (χ1v) is 10.4. The lowest BCUT2D eigenvalue weighted by atomic mass is 10.2. The van der Waals surface area contributed by atoms with Gasteiger partial charge in [0, 0.05) is 39.6 Å². The zero-order valence-electron chi connectivity index (χ0n) is 15.2. The molecule has 2 heterocycles. The first kappa shape index (κ1) is 18.8. The zero-order chi connectivity index (χ0) is 18.9. The van der Waals surface area contributed by atoms with Crippen molar-refractivity contribution >= 4 is 21.8 Å². The van der Waals surface area contributed by atoms with Crippen molar-refractivity contribution in [3.63, 3.8) is 0 Å². The maximum atomic E-state index is 13.0. The second-order valence-corrected chi connectivity index (χ2v) is 8.81. The molecule has 26 heavy (non-hydrogen) atoms. The number of carbonyl (C=O) groups excluding carboxylic acids is 2. The molecule has 2 aliphatic heterocycles. The smallest absolute Gasteiger partial charge is 0.243 e. The Kier molecular flexibility index (Phi) is 5.34. The van der Waals surface area contributed by atoms with Crippen LogP contribution < -0.4 is 0 Å². The highest BCUT2D eigenvalue weighted by Crippen LogP contribution is 2.27. The minimum atomic E-state index is -3.69. The van der Waals surface area contributed by atoms with Crippen LogP contribution in [0.5, 0.6) is 0 Å². The SMILES string of the molecule is CC(=O)N1CCN(C(=O)[C@@H]2CCCN2S(=O)(=O)c2ccc(C)cc2)CC1. The Morgan fingerprint density at radius 1 is 0.962 bits per heavy atom. The van der Waals surface area contributed by atoms with Gasteiger partial charge in [0.2, 0.25) is 21.8 Å². The maximum Gasteiger partial charge on any atom is 0.243 e. The molecule has 8 heteroatoms. The van der Waals surface area contributed by atoms with Crippen LogP contribution in [0, 0.1) is 6.92 Å². The molecule has 142 valence electrons. The molecule has 7 nitrogen and oxygen atoms in total. The van der Waals surface area contributed by atoms with E-state index in [1.165, 1.54) is 11.2 Å². The first-order chi connectivity index (χ1) is 12.3. The molecule has 0 radical (unpaired) electrons. The molecule has 1 aromatic rings. The van der Waals surface area contributed by atoms with Crippen molar-refractivity contribution in [2.75, 3.05) is 32.7 Å². The number of benzene rings is 1. The summed E-state index contributed by atoms with van der Waals surface area (Å²) in [5.74, 6) is -0.150. The Balaban J connectivity index is 1.74. The van der Waals surface area contributed by atoms with E-state index in [2.05, 4.69) is 0 Å². The molecule has 0 unspecified atom stereocenters. The topological polar surface area (TPSA) is 78.0 Å². The summed E-state index contributed by atoms with van der Waals surface area (Å²) in [5.41, 5.74) is 0.987. The molecule has 2 fully saturated rings. The van der Waals surface area contributed by atoms with E-state index in [9.17, 15) is 18.0 Å². The van der Waals surface area contributed by atoms with Crippen LogP contribution in [0.4, 0.5) is 0 Å². The highest BCUT2D eigenvalue weighted by atomic mass is 32.2. The molecule has 0 aromatic heterocycles. The third-order valence-corrected chi connectivity index (χ3v) is 7.08. The second kappa shape index (κ2) is 7.36. The molecule has 0 aliphatic carbocycles. The predicted octanol–water partition coefficient (Wildman–Crippen LogP) is 0.839. The summed E-state index contributed by atoms with van der Waals surface area (Å²) in [6.45, 7) is 5.68. The molecule has 0 spiro atoms. The Morgan fingerprint density at radius 3 is 2.12 bits per heavy atom. The molecule has 0 saturated carbocycles. The fraction of sp³-hybridized carbons (Fsp3) is 0.556. The summed E-state index contributed by atoms with van der Waals surface area (Å²) in [4.78, 5) is 28.0. The Labute approximate surface area is 154 Å². The summed E-state index contributed by atoms with van der Waals surface area (Å²) >= 11 is 0. The number of piperazine rings is 1. The van der Waals surface area contributed by atoms with Gasteiger partial charge in [-0.15, -0.1) is 0 Å². The van der Waals surface area contributed by atoms with Crippen LogP contribution in [0.25, 0.3) is 0 Å². The average molecular weight is 379 g/mol. The molecular formula is C18H25N3O4S. The van der Waals surface area contributed by atoms with E-state index in [0.717, 1.165) is 5.56 Å². The Hall–Kier alpha value is -1.93. The van der Waals surface area contributed by atoms with Crippen molar-refractivity contribution in [1.29, 1.82) is 0 Å². The van der Waals surface area contributed by atoms with Crippen LogP contribution in [-0.4, -0.2) is 73.1 Å². The van der Waals surface area contributed by atoms with Gasteiger partial charge in [-0.1, -0.05) is 17.7 Å². The molecule has 0 bridgehead atoms. The van der Waals surface area contributed by atoms with E-state index >= 15 is 0 Å². The van der Waals surface area contributed by atoms with Gasteiger partial charge < -0.3 is 9.80 Å². The predicted molar refractivity (Wildman–Crippen MR) is 96.9 cm³/mol. The van der Waals surface area contributed by atoms with Crippen molar-refractivity contribution < 1.29 is 18.0 Å². The highest BCUT2D eigenvalue weighted by Gasteiger charge is 2.41. The maximum absolute atomic E-state index is 13.0. The molecule has 2 amide bonds. The molecule has 3 rings (SSSR count). The van der Waals surface area contributed by atoms with Gasteiger partial charge in [-0.05, 0) is 31.9 Å². The number of amides is 2. The minimum absolute atomic E-state index is 0.00143. The molecule has 0 N–H and O–H groups in total. The summed E-state index contributed by atoms with van der Waals surface area (Å²) in [6, 6.07) is 6.07. The van der Waals surface area contributed by atoms with Crippen molar-refractivity contribution in [3.8, 4) is 0 Å². The number of aryl methyl sites for hydroxylation is 1. The summed E-state index contributed by atoms with van der Waals surface area (Å²) in [7, 11) is -3.69. The van der Waals surface area contributed by atoms with Crippen LogP contribution in [0.2, 0.25) is 0 Å².